The summed E-state index contributed by atoms with van der Waals surface area (Å²) in [5, 5.41) is 2.14. The topological polar surface area (TPSA) is 75.6 Å². The summed E-state index contributed by atoms with van der Waals surface area (Å²) in [6.07, 6.45) is 0.833. The maximum atomic E-state index is 11.2. The lowest BCUT2D eigenvalue weighted by Gasteiger charge is -2.01. The van der Waals surface area contributed by atoms with E-state index in [4.69, 9.17) is 0 Å². The predicted molar refractivity (Wildman–Crippen MR) is 51.9 cm³/mol. The van der Waals surface area contributed by atoms with Crippen LogP contribution < -0.4 is 4.83 Å². The Bertz CT molecular complexity index is 411. The van der Waals surface area contributed by atoms with Gasteiger partial charge in [0.25, 0.3) is 10.0 Å². The van der Waals surface area contributed by atoms with Gasteiger partial charge in [0.05, 0.1) is 10.2 Å². The van der Waals surface area contributed by atoms with Crippen LogP contribution in [0.5, 0.6) is 0 Å². The van der Waals surface area contributed by atoms with E-state index >= 15 is 0 Å². The number of nitrogens with one attached hydrogen (secondary N) is 1. The van der Waals surface area contributed by atoms with Crippen molar-refractivity contribution in [2.75, 3.05) is 0 Å². The Morgan fingerprint density at radius 3 is 2.29 bits per heavy atom. The molecule has 14 heavy (non-hydrogen) atoms. The van der Waals surface area contributed by atoms with Crippen molar-refractivity contribution in [2.24, 2.45) is 5.29 Å². The summed E-state index contributed by atoms with van der Waals surface area (Å²) >= 11 is 0. The molecule has 0 fully saturated rings. The Morgan fingerprint density at radius 2 is 1.86 bits per heavy atom. The molecule has 0 aliphatic carbocycles. The molecule has 0 radical (unpaired) electrons. The fraction of sp³-hybridized carbons (Fsp3) is 0.250. The van der Waals surface area contributed by atoms with Crippen LogP contribution >= 0.6 is 0 Å². The van der Waals surface area contributed by atoms with Crippen LogP contribution in [-0.4, -0.2) is 8.42 Å². The first-order valence-electron chi connectivity index (χ1n) is 4.03. The second kappa shape index (κ2) is 4.19. The van der Waals surface area contributed by atoms with Crippen molar-refractivity contribution in [1.29, 1.82) is 0 Å². The van der Waals surface area contributed by atoms with E-state index in [1.807, 2.05) is 6.92 Å². The van der Waals surface area contributed by atoms with Crippen LogP contribution in [0, 0.1) is 4.91 Å². The van der Waals surface area contributed by atoms with E-state index < -0.39 is 10.0 Å². The molecule has 0 saturated heterocycles. The number of hydrogen-bond acceptors (Lipinski definition) is 4. The first-order valence-corrected chi connectivity index (χ1v) is 5.51. The first kappa shape index (κ1) is 10.6. The molecule has 0 spiro atoms. The smallest absolute Gasteiger partial charge is 0.200 e. The number of sulfonamides is 1. The minimum absolute atomic E-state index is 0.0364. The normalized spacial score (nSPS) is 10.9. The third kappa shape index (κ3) is 2.29. The van der Waals surface area contributed by atoms with Gasteiger partial charge < -0.3 is 0 Å². The van der Waals surface area contributed by atoms with Crippen molar-refractivity contribution in [3.63, 3.8) is 0 Å². The van der Waals surface area contributed by atoms with Crippen molar-refractivity contribution in [3.05, 3.63) is 34.7 Å². The van der Waals surface area contributed by atoms with Crippen LogP contribution in [0.3, 0.4) is 0 Å². The molecule has 76 valence electrons. The van der Waals surface area contributed by atoms with Gasteiger partial charge in [0.2, 0.25) is 0 Å². The highest BCUT2D eigenvalue weighted by atomic mass is 32.2. The summed E-state index contributed by atoms with van der Waals surface area (Å²) < 4.78 is 22.5. The van der Waals surface area contributed by atoms with Crippen LogP contribution in [0.4, 0.5) is 0 Å². The van der Waals surface area contributed by atoms with Gasteiger partial charge in [0.1, 0.15) is 0 Å². The number of benzene rings is 1. The molecule has 0 atom stereocenters. The van der Waals surface area contributed by atoms with E-state index in [1.54, 1.807) is 12.1 Å². The van der Waals surface area contributed by atoms with E-state index in [0.29, 0.717) is 0 Å². The standard InChI is InChI=1S/C8H10N2O3S/c1-2-7-3-5-8(6-4-7)14(12,13)10-9-11/h3-6H,2H2,1H3,(H,10,11). The third-order valence-corrected chi connectivity index (χ3v) is 3.01. The van der Waals surface area contributed by atoms with E-state index in [0.717, 1.165) is 12.0 Å². The summed E-state index contributed by atoms with van der Waals surface area (Å²) in [5.41, 5.74) is 1.03. The van der Waals surface area contributed by atoms with Crippen molar-refractivity contribution >= 4 is 10.0 Å². The van der Waals surface area contributed by atoms with Gasteiger partial charge in [-0.05, 0) is 24.1 Å². The molecule has 1 aromatic rings. The van der Waals surface area contributed by atoms with E-state index in [-0.39, 0.29) is 4.90 Å². The number of nitrogens with zero attached hydrogens (tertiary/aromatic N) is 1. The molecule has 0 bridgehead atoms. The van der Waals surface area contributed by atoms with Gasteiger partial charge in [-0.2, -0.15) is 13.2 Å². The molecule has 0 aliphatic heterocycles. The summed E-state index contributed by atoms with van der Waals surface area (Å²) in [6.45, 7) is 1.97. The van der Waals surface area contributed by atoms with Crippen molar-refractivity contribution in [3.8, 4) is 0 Å². The van der Waals surface area contributed by atoms with Crippen LogP contribution in [0.15, 0.2) is 34.4 Å². The Labute approximate surface area is 82.1 Å². The van der Waals surface area contributed by atoms with Gasteiger partial charge in [-0.25, -0.2) is 0 Å². The quantitative estimate of drug-likeness (QED) is 0.604. The largest absolute Gasteiger partial charge is 0.279 e. The molecule has 5 nitrogen and oxygen atoms in total. The number of nitroso groups, excluding NO2 is 1. The molecule has 1 rings (SSSR count). The Balaban J connectivity index is 3.03. The van der Waals surface area contributed by atoms with E-state index in [9.17, 15) is 13.3 Å². The fourth-order valence-corrected chi connectivity index (χ4v) is 1.70. The summed E-state index contributed by atoms with van der Waals surface area (Å²) in [5.74, 6) is 0. The second-order valence-electron chi connectivity index (χ2n) is 2.68. The van der Waals surface area contributed by atoms with E-state index in [1.165, 1.54) is 17.0 Å². The lowest BCUT2D eigenvalue weighted by Crippen LogP contribution is -2.17. The van der Waals surface area contributed by atoms with Gasteiger partial charge in [0, 0.05) is 0 Å². The molecular formula is C8H10N2O3S. The predicted octanol–water partition coefficient (Wildman–Crippen LogP) is 1.21. The maximum Gasteiger partial charge on any atom is 0.279 e. The Kier molecular flexibility index (Phi) is 3.19. The summed E-state index contributed by atoms with van der Waals surface area (Å²) in [4.78, 5) is 11.3. The summed E-state index contributed by atoms with van der Waals surface area (Å²) in [6, 6.07) is 6.26. The molecular weight excluding hydrogens is 204 g/mol. The highest BCUT2D eigenvalue weighted by Gasteiger charge is 2.12. The molecule has 1 aromatic carbocycles. The van der Waals surface area contributed by atoms with Crippen molar-refractivity contribution in [2.45, 2.75) is 18.2 Å². The number of aryl methyl sites for hydroxylation is 1. The second-order valence-corrected chi connectivity index (χ2v) is 4.34. The average Bonchev–Trinajstić information content (AvgIpc) is 2.18. The zero-order valence-electron chi connectivity index (χ0n) is 7.60. The minimum atomic E-state index is -3.76. The fourth-order valence-electron chi connectivity index (χ4n) is 1.01. The van der Waals surface area contributed by atoms with Gasteiger partial charge in [-0.3, -0.25) is 0 Å². The molecule has 0 aliphatic rings. The number of rotatable bonds is 4. The van der Waals surface area contributed by atoms with Gasteiger partial charge in [-0.15, -0.1) is 4.91 Å². The van der Waals surface area contributed by atoms with Crippen molar-refractivity contribution < 1.29 is 8.42 Å². The Morgan fingerprint density at radius 1 is 1.29 bits per heavy atom. The van der Waals surface area contributed by atoms with Crippen LogP contribution in [0.2, 0.25) is 0 Å². The molecule has 0 aromatic heterocycles. The monoisotopic (exact) mass is 214 g/mol. The lowest BCUT2D eigenvalue weighted by molar-refractivity contribution is 0.584. The zero-order valence-corrected chi connectivity index (χ0v) is 8.41. The molecule has 1 N–H and O–H groups in total. The summed E-state index contributed by atoms with van der Waals surface area (Å²) in [7, 11) is -3.76. The SMILES string of the molecule is CCc1ccc(S(=O)(=O)NN=O)cc1. The molecule has 6 heteroatoms. The van der Waals surface area contributed by atoms with Gasteiger partial charge in [0.15, 0.2) is 0 Å². The highest BCUT2D eigenvalue weighted by Crippen LogP contribution is 2.10. The first-order chi connectivity index (χ1) is 6.60. The van der Waals surface area contributed by atoms with Gasteiger partial charge in [-0.1, -0.05) is 19.1 Å². The lowest BCUT2D eigenvalue weighted by atomic mass is 10.2. The van der Waals surface area contributed by atoms with Gasteiger partial charge >= 0.3 is 0 Å². The number of hydrogen-bond donors (Lipinski definition) is 1. The molecule has 0 unspecified atom stereocenters. The molecule has 0 heterocycles. The van der Waals surface area contributed by atoms with Crippen molar-refractivity contribution in [1.82, 2.24) is 4.83 Å². The van der Waals surface area contributed by atoms with Crippen LogP contribution in [0.25, 0.3) is 0 Å². The Hall–Kier alpha value is -1.43. The molecule has 0 saturated carbocycles. The van der Waals surface area contributed by atoms with Crippen LogP contribution in [-0.2, 0) is 16.4 Å². The third-order valence-electron chi connectivity index (χ3n) is 1.80. The van der Waals surface area contributed by atoms with E-state index in [2.05, 4.69) is 5.29 Å². The molecule has 0 amide bonds. The zero-order chi connectivity index (χ0) is 10.6. The average molecular weight is 214 g/mol. The minimum Gasteiger partial charge on any atom is -0.200 e. The highest BCUT2D eigenvalue weighted by molar-refractivity contribution is 7.89. The maximum absolute atomic E-state index is 11.2. The van der Waals surface area contributed by atoms with Crippen LogP contribution in [0.1, 0.15) is 12.5 Å².